The van der Waals surface area contributed by atoms with Crippen LogP contribution in [0.5, 0.6) is 5.75 Å². The van der Waals surface area contributed by atoms with Gasteiger partial charge in [0.25, 0.3) is 0 Å². The van der Waals surface area contributed by atoms with Gasteiger partial charge in [0.1, 0.15) is 5.75 Å². The lowest BCUT2D eigenvalue weighted by atomic mass is 9.83. The molecule has 29 heavy (non-hydrogen) atoms. The molecule has 0 amide bonds. The van der Waals surface area contributed by atoms with Crippen molar-refractivity contribution >= 4 is 0 Å². The molecule has 3 rings (SSSR count). The van der Waals surface area contributed by atoms with Crippen molar-refractivity contribution in [3.05, 3.63) is 48.5 Å². The molecule has 1 aliphatic heterocycles. The molecule has 160 valence electrons. The van der Waals surface area contributed by atoms with Crippen LogP contribution in [0.15, 0.2) is 43.0 Å². The van der Waals surface area contributed by atoms with E-state index in [4.69, 9.17) is 14.2 Å². The zero-order valence-electron chi connectivity index (χ0n) is 18.2. The van der Waals surface area contributed by atoms with Gasteiger partial charge >= 0.3 is 0 Å². The first-order valence-electron chi connectivity index (χ1n) is 11.1. The van der Waals surface area contributed by atoms with Crippen molar-refractivity contribution in [1.29, 1.82) is 0 Å². The van der Waals surface area contributed by atoms with Crippen LogP contribution >= 0.6 is 0 Å². The van der Waals surface area contributed by atoms with Crippen molar-refractivity contribution in [3.8, 4) is 5.75 Å². The minimum absolute atomic E-state index is 0.135. The highest BCUT2D eigenvalue weighted by atomic mass is 16.7. The fourth-order valence-electron chi connectivity index (χ4n) is 3.71. The van der Waals surface area contributed by atoms with Crippen molar-refractivity contribution in [2.45, 2.75) is 71.6 Å². The second-order valence-electron chi connectivity index (χ2n) is 8.28. The highest BCUT2D eigenvalue weighted by molar-refractivity contribution is 5.27. The third-order valence-electron chi connectivity index (χ3n) is 6.25. The zero-order chi connectivity index (χ0) is 20.6. The molecule has 0 atom stereocenters. The Hall–Kier alpha value is -1.85. The van der Waals surface area contributed by atoms with E-state index in [0.29, 0.717) is 6.54 Å². The number of aromatic nitrogens is 2. The number of hydrogen-bond acceptors (Lipinski definition) is 4. The summed E-state index contributed by atoms with van der Waals surface area (Å²) in [5.74, 6) is 0.335. The summed E-state index contributed by atoms with van der Waals surface area (Å²) >= 11 is 0. The Morgan fingerprint density at radius 2 is 1.79 bits per heavy atom. The van der Waals surface area contributed by atoms with Gasteiger partial charge in [0, 0.05) is 24.2 Å². The molecule has 2 heterocycles. The first-order chi connectivity index (χ1) is 14.1. The van der Waals surface area contributed by atoms with Crippen molar-refractivity contribution in [2.75, 3.05) is 19.8 Å². The SMILES string of the molecule is CCCCOc1ccc(CCC2(Cn3ccnc3)OCC(CC)(CC)CO2)cc1. The first-order valence-corrected chi connectivity index (χ1v) is 11.1. The molecule has 0 unspecified atom stereocenters. The van der Waals surface area contributed by atoms with Crippen molar-refractivity contribution in [1.82, 2.24) is 9.55 Å². The average molecular weight is 401 g/mol. The summed E-state index contributed by atoms with van der Waals surface area (Å²) in [4.78, 5) is 4.18. The lowest BCUT2D eigenvalue weighted by Crippen LogP contribution is -2.51. The molecule has 0 spiro atoms. The fraction of sp³-hybridized carbons (Fsp3) is 0.625. The molecule has 2 aromatic rings. The van der Waals surface area contributed by atoms with Crippen molar-refractivity contribution in [3.63, 3.8) is 0 Å². The molecule has 0 aliphatic carbocycles. The Balaban J connectivity index is 1.63. The highest BCUT2D eigenvalue weighted by Gasteiger charge is 2.43. The quantitative estimate of drug-likeness (QED) is 0.484. The Bertz CT molecular complexity index is 698. The molecular formula is C24H36N2O3. The normalized spacial score (nSPS) is 17.9. The maximum atomic E-state index is 6.45. The maximum Gasteiger partial charge on any atom is 0.186 e. The summed E-state index contributed by atoms with van der Waals surface area (Å²) in [5, 5.41) is 0. The van der Waals surface area contributed by atoms with Gasteiger partial charge in [0.05, 0.1) is 32.7 Å². The zero-order valence-corrected chi connectivity index (χ0v) is 18.2. The average Bonchev–Trinajstić information content (AvgIpc) is 3.27. The number of hydrogen-bond donors (Lipinski definition) is 0. The highest BCUT2D eigenvalue weighted by Crippen LogP contribution is 2.38. The number of nitrogens with zero attached hydrogens (tertiary/aromatic N) is 2. The van der Waals surface area contributed by atoms with Crippen LogP contribution in [0.25, 0.3) is 0 Å². The summed E-state index contributed by atoms with van der Waals surface area (Å²) in [6.07, 6.45) is 11.7. The monoisotopic (exact) mass is 400 g/mol. The van der Waals surface area contributed by atoms with Crippen LogP contribution in [0, 0.1) is 5.41 Å². The largest absolute Gasteiger partial charge is 0.494 e. The van der Waals surface area contributed by atoms with E-state index in [2.05, 4.69) is 54.6 Å². The predicted molar refractivity (Wildman–Crippen MR) is 115 cm³/mol. The second-order valence-corrected chi connectivity index (χ2v) is 8.28. The van der Waals surface area contributed by atoms with Gasteiger partial charge in [-0.25, -0.2) is 4.98 Å². The molecule has 0 saturated carbocycles. The van der Waals surface area contributed by atoms with Crippen LogP contribution in [-0.2, 0) is 22.4 Å². The summed E-state index contributed by atoms with van der Waals surface area (Å²) in [6, 6.07) is 8.43. The van der Waals surface area contributed by atoms with E-state index in [1.165, 1.54) is 5.56 Å². The van der Waals surface area contributed by atoms with Crippen LogP contribution in [0.2, 0.25) is 0 Å². The first kappa shape index (κ1) is 21.8. The Morgan fingerprint density at radius 1 is 1.07 bits per heavy atom. The van der Waals surface area contributed by atoms with E-state index in [9.17, 15) is 0 Å². The van der Waals surface area contributed by atoms with Gasteiger partial charge in [-0.3, -0.25) is 0 Å². The van der Waals surface area contributed by atoms with E-state index < -0.39 is 5.79 Å². The molecule has 0 N–H and O–H groups in total. The molecule has 1 saturated heterocycles. The molecule has 5 heteroatoms. The van der Waals surface area contributed by atoms with E-state index in [-0.39, 0.29) is 5.41 Å². The standard InChI is InChI=1S/C24H36N2O3/c1-4-7-16-27-22-10-8-21(9-11-22)12-13-24(17-26-15-14-25-20-26)28-18-23(5-2,6-3)19-29-24/h8-11,14-15,20H,4-7,12-13,16-19H2,1-3H3. The molecule has 1 aromatic carbocycles. The Morgan fingerprint density at radius 3 is 2.38 bits per heavy atom. The number of imidazole rings is 1. The molecular weight excluding hydrogens is 364 g/mol. The van der Waals surface area contributed by atoms with Crippen LogP contribution < -0.4 is 4.74 Å². The van der Waals surface area contributed by atoms with E-state index in [1.54, 1.807) is 6.20 Å². The number of benzene rings is 1. The molecule has 1 aliphatic rings. The van der Waals surface area contributed by atoms with Gasteiger partial charge in [0.15, 0.2) is 5.79 Å². The van der Waals surface area contributed by atoms with E-state index >= 15 is 0 Å². The van der Waals surface area contributed by atoms with Gasteiger partial charge in [-0.05, 0) is 43.4 Å². The number of ether oxygens (including phenoxy) is 3. The molecule has 1 fully saturated rings. The summed E-state index contributed by atoms with van der Waals surface area (Å²) in [6.45, 7) is 9.56. The molecule has 5 nitrogen and oxygen atoms in total. The predicted octanol–water partition coefficient (Wildman–Crippen LogP) is 5.24. The summed E-state index contributed by atoms with van der Waals surface area (Å²) < 4.78 is 20.7. The van der Waals surface area contributed by atoms with Crippen LogP contribution in [0.3, 0.4) is 0 Å². The number of unbranched alkanes of at least 4 members (excludes halogenated alkanes) is 1. The van der Waals surface area contributed by atoms with E-state index in [1.807, 2.05) is 12.5 Å². The van der Waals surface area contributed by atoms with Gasteiger partial charge in [-0.1, -0.05) is 39.3 Å². The molecule has 0 radical (unpaired) electrons. The van der Waals surface area contributed by atoms with Crippen LogP contribution in [0.4, 0.5) is 0 Å². The lowest BCUT2D eigenvalue weighted by molar-refractivity contribution is -0.313. The van der Waals surface area contributed by atoms with Crippen molar-refractivity contribution < 1.29 is 14.2 Å². The second kappa shape index (κ2) is 10.3. The van der Waals surface area contributed by atoms with Gasteiger partial charge < -0.3 is 18.8 Å². The lowest BCUT2D eigenvalue weighted by Gasteiger charge is -2.46. The Labute approximate surface area is 175 Å². The van der Waals surface area contributed by atoms with Crippen LogP contribution in [-0.4, -0.2) is 35.2 Å². The topological polar surface area (TPSA) is 45.5 Å². The minimum atomic E-state index is -0.606. The Kier molecular flexibility index (Phi) is 7.73. The van der Waals surface area contributed by atoms with Gasteiger partial charge in [-0.15, -0.1) is 0 Å². The third-order valence-corrected chi connectivity index (χ3v) is 6.25. The van der Waals surface area contributed by atoms with Gasteiger partial charge in [0.2, 0.25) is 0 Å². The van der Waals surface area contributed by atoms with Crippen LogP contribution in [0.1, 0.15) is 58.4 Å². The fourth-order valence-corrected chi connectivity index (χ4v) is 3.71. The number of rotatable bonds is 11. The summed E-state index contributed by atoms with van der Waals surface area (Å²) in [5.41, 5.74) is 1.41. The molecule has 0 bridgehead atoms. The smallest absolute Gasteiger partial charge is 0.186 e. The molecule has 1 aromatic heterocycles. The third kappa shape index (κ3) is 5.83. The van der Waals surface area contributed by atoms with Gasteiger partial charge in [-0.2, -0.15) is 0 Å². The maximum absolute atomic E-state index is 6.45. The van der Waals surface area contributed by atoms with E-state index in [0.717, 1.165) is 64.1 Å². The minimum Gasteiger partial charge on any atom is -0.494 e. The number of aryl methyl sites for hydroxylation is 1. The summed E-state index contributed by atoms with van der Waals surface area (Å²) in [7, 11) is 0. The van der Waals surface area contributed by atoms with Crippen molar-refractivity contribution in [2.24, 2.45) is 5.41 Å².